The van der Waals surface area contributed by atoms with Gasteiger partial charge in [-0.05, 0) is 36.6 Å². The average Bonchev–Trinajstić information content (AvgIpc) is 3.11. The predicted octanol–water partition coefficient (Wildman–Crippen LogP) is 3.47. The van der Waals surface area contributed by atoms with Crippen molar-refractivity contribution >= 4 is 11.6 Å². The second-order valence-electron chi connectivity index (χ2n) is 5.58. The topological polar surface area (TPSA) is 59.2 Å². The van der Waals surface area contributed by atoms with Crippen LogP contribution in [0.2, 0.25) is 0 Å². The van der Waals surface area contributed by atoms with Gasteiger partial charge in [-0.15, -0.1) is 10.2 Å². The first-order chi connectivity index (χ1) is 11.7. The molecule has 2 aromatic carbocycles. The zero-order chi connectivity index (χ0) is 16.5. The Kier molecular flexibility index (Phi) is 3.57. The number of rotatable bonds is 2. The van der Waals surface area contributed by atoms with E-state index in [4.69, 9.17) is 4.42 Å². The normalized spacial score (nSPS) is 13.6. The minimum atomic E-state index is -0.469. The Morgan fingerprint density at radius 1 is 1.08 bits per heavy atom. The van der Waals surface area contributed by atoms with Crippen LogP contribution in [0.5, 0.6) is 0 Å². The number of aryl methyl sites for hydroxylation is 1. The number of benzene rings is 2. The SMILES string of the molecule is O=C(c1nnc(-c2ccccc2F)o1)N1CCCc2ccccc21. The molecule has 0 saturated carbocycles. The maximum atomic E-state index is 13.8. The average molecular weight is 323 g/mol. The highest BCUT2D eigenvalue weighted by molar-refractivity contribution is 6.03. The van der Waals surface area contributed by atoms with Crippen molar-refractivity contribution in [3.63, 3.8) is 0 Å². The number of nitrogens with zero attached hydrogens (tertiary/aromatic N) is 3. The molecule has 0 aliphatic carbocycles. The summed E-state index contributed by atoms with van der Waals surface area (Å²) in [5.41, 5.74) is 2.16. The number of hydrogen-bond donors (Lipinski definition) is 0. The van der Waals surface area contributed by atoms with Gasteiger partial charge < -0.3 is 9.32 Å². The van der Waals surface area contributed by atoms with Crippen molar-refractivity contribution in [1.29, 1.82) is 0 Å². The second-order valence-corrected chi connectivity index (χ2v) is 5.58. The third-order valence-electron chi connectivity index (χ3n) is 4.07. The van der Waals surface area contributed by atoms with E-state index in [1.54, 1.807) is 17.0 Å². The van der Waals surface area contributed by atoms with Gasteiger partial charge >= 0.3 is 11.8 Å². The molecule has 5 nitrogen and oxygen atoms in total. The van der Waals surface area contributed by atoms with Gasteiger partial charge in [-0.25, -0.2) is 4.39 Å². The summed E-state index contributed by atoms with van der Waals surface area (Å²) in [4.78, 5) is 14.4. The first-order valence-electron chi connectivity index (χ1n) is 7.72. The molecular weight excluding hydrogens is 309 g/mol. The molecule has 6 heteroatoms. The fourth-order valence-corrected chi connectivity index (χ4v) is 2.91. The summed E-state index contributed by atoms with van der Waals surface area (Å²) in [5.74, 6) is -0.965. The lowest BCUT2D eigenvalue weighted by Crippen LogP contribution is -2.35. The molecule has 2 heterocycles. The standard InChI is InChI=1S/C18H14FN3O2/c19-14-9-3-2-8-13(14)16-20-21-17(24-16)18(23)22-11-5-7-12-6-1-4-10-15(12)22/h1-4,6,8-10H,5,7,11H2. The van der Waals surface area contributed by atoms with Gasteiger partial charge in [0.25, 0.3) is 5.89 Å². The molecule has 0 atom stereocenters. The molecule has 1 aliphatic heterocycles. The molecule has 0 N–H and O–H groups in total. The van der Waals surface area contributed by atoms with Crippen LogP contribution in [-0.2, 0) is 6.42 Å². The lowest BCUT2D eigenvalue weighted by molar-refractivity contribution is 0.0952. The van der Waals surface area contributed by atoms with Gasteiger partial charge in [-0.2, -0.15) is 0 Å². The van der Waals surface area contributed by atoms with Crippen LogP contribution in [0.15, 0.2) is 52.9 Å². The van der Waals surface area contributed by atoms with Gasteiger partial charge in [0.1, 0.15) is 5.82 Å². The molecule has 0 saturated heterocycles. The van der Waals surface area contributed by atoms with Gasteiger partial charge in [0.05, 0.1) is 5.56 Å². The minimum Gasteiger partial charge on any atom is -0.412 e. The van der Waals surface area contributed by atoms with Crippen LogP contribution < -0.4 is 4.90 Å². The molecule has 0 radical (unpaired) electrons. The summed E-state index contributed by atoms with van der Waals surface area (Å²) < 4.78 is 19.2. The molecule has 0 spiro atoms. The molecule has 0 bridgehead atoms. The van der Waals surface area contributed by atoms with Crippen molar-refractivity contribution in [1.82, 2.24) is 10.2 Å². The van der Waals surface area contributed by atoms with E-state index >= 15 is 0 Å². The smallest absolute Gasteiger partial charge is 0.315 e. The highest BCUT2D eigenvalue weighted by Gasteiger charge is 2.27. The number of para-hydroxylation sites is 1. The number of halogens is 1. The maximum absolute atomic E-state index is 13.8. The van der Waals surface area contributed by atoms with Gasteiger partial charge in [0.2, 0.25) is 0 Å². The van der Waals surface area contributed by atoms with E-state index in [9.17, 15) is 9.18 Å². The number of hydrogen-bond acceptors (Lipinski definition) is 4. The number of aromatic nitrogens is 2. The second kappa shape index (κ2) is 5.88. The fourth-order valence-electron chi connectivity index (χ4n) is 2.91. The molecule has 24 heavy (non-hydrogen) atoms. The maximum Gasteiger partial charge on any atom is 0.315 e. The molecule has 1 aliphatic rings. The number of carbonyl (C=O) groups excluding carboxylic acids is 1. The molecule has 1 aromatic heterocycles. The Morgan fingerprint density at radius 3 is 2.75 bits per heavy atom. The first kappa shape index (κ1) is 14.6. The summed E-state index contributed by atoms with van der Waals surface area (Å²) in [5, 5.41) is 7.62. The largest absolute Gasteiger partial charge is 0.412 e. The lowest BCUT2D eigenvalue weighted by Gasteiger charge is -2.28. The molecule has 4 rings (SSSR count). The summed E-state index contributed by atoms with van der Waals surface area (Å²) in [6.45, 7) is 0.591. The van der Waals surface area contributed by atoms with Crippen molar-refractivity contribution in [2.24, 2.45) is 0 Å². The molecule has 1 amide bonds. The summed E-state index contributed by atoms with van der Waals surface area (Å²) in [7, 11) is 0. The van der Waals surface area contributed by atoms with Crippen LogP contribution in [-0.4, -0.2) is 22.6 Å². The van der Waals surface area contributed by atoms with Gasteiger partial charge in [-0.1, -0.05) is 30.3 Å². The Labute approximate surface area is 137 Å². The van der Waals surface area contributed by atoms with Crippen molar-refractivity contribution in [3.8, 4) is 11.5 Å². The number of amides is 1. The van der Waals surface area contributed by atoms with Crippen LogP contribution in [0, 0.1) is 5.82 Å². The van der Waals surface area contributed by atoms with E-state index in [0.717, 1.165) is 24.1 Å². The fraction of sp³-hybridized carbons (Fsp3) is 0.167. The van der Waals surface area contributed by atoms with E-state index < -0.39 is 5.82 Å². The van der Waals surface area contributed by atoms with Crippen LogP contribution in [0.4, 0.5) is 10.1 Å². The van der Waals surface area contributed by atoms with Crippen molar-refractivity contribution in [3.05, 3.63) is 65.8 Å². The van der Waals surface area contributed by atoms with E-state index in [2.05, 4.69) is 10.2 Å². The monoisotopic (exact) mass is 323 g/mol. The highest BCUT2D eigenvalue weighted by atomic mass is 19.1. The van der Waals surface area contributed by atoms with Crippen molar-refractivity contribution in [2.75, 3.05) is 11.4 Å². The molecule has 0 unspecified atom stereocenters. The van der Waals surface area contributed by atoms with Gasteiger partial charge in [0.15, 0.2) is 0 Å². The van der Waals surface area contributed by atoms with E-state index in [0.29, 0.717) is 6.54 Å². The number of anilines is 1. The highest BCUT2D eigenvalue weighted by Crippen LogP contribution is 2.28. The lowest BCUT2D eigenvalue weighted by atomic mass is 10.0. The minimum absolute atomic E-state index is 0.00162. The number of carbonyl (C=O) groups is 1. The van der Waals surface area contributed by atoms with Crippen LogP contribution in [0.25, 0.3) is 11.5 Å². The van der Waals surface area contributed by atoms with E-state index in [1.165, 1.54) is 12.1 Å². The molecule has 0 fully saturated rings. The van der Waals surface area contributed by atoms with Gasteiger partial charge in [-0.3, -0.25) is 4.79 Å². The third-order valence-corrected chi connectivity index (χ3v) is 4.07. The Morgan fingerprint density at radius 2 is 1.88 bits per heavy atom. The summed E-state index contributed by atoms with van der Waals surface area (Å²) in [6.07, 6.45) is 1.81. The van der Waals surface area contributed by atoms with E-state index in [1.807, 2.05) is 24.3 Å². The van der Waals surface area contributed by atoms with Crippen molar-refractivity contribution < 1.29 is 13.6 Å². The van der Waals surface area contributed by atoms with Crippen LogP contribution in [0.3, 0.4) is 0 Å². The van der Waals surface area contributed by atoms with Crippen molar-refractivity contribution in [2.45, 2.75) is 12.8 Å². The molecule has 3 aromatic rings. The predicted molar refractivity (Wildman–Crippen MR) is 86.1 cm³/mol. The quantitative estimate of drug-likeness (QED) is 0.724. The zero-order valence-electron chi connectivity index (χ0n) is 12.8. The van der Waals surface area contributed by atoms with Crippen LogP contribution >= 0.6 is 0 Å². The van der Waals surface area contributed by atoms with Crippen LogP contribution in [0.1, 0.15) is 22.7 Å². The third kappa shape index (κ3) is 2.46. The molecular formula is C18H14FN3O2. The summed E-state index contributed by atoms with van der Waals surface area (Å²) >= 11 is 0. The Balaban J connectivity index is 1.66. The Hall–Kier alpha value is -3.02. The summed E-state index contributed by atoms with van der Waals surface area (Å²) in [6, 6.07) is 13.8. The van der Waals surface area contributed by atoms with E-state index in [-0.39, 0.29) is 23.3 Å². The Bertz CT molecular complexity index is 907. The number of fused-ring (bicyclic) bond motifs is 1. The zero-order valence-corrected chi connectivity index (χ0v) is 12.8. The first-order valence-corrected chi connectivity index (χ1v) is 7.72. The van der Waals surface area contributed by atoms with Gasteiger partial charge in [0, 0.05) is 12.2 Å². The molecule has 120 valence electrons.